The van der Waals surface area contributed by atoms with E-state index in [1.807, 2.05) is 30.3 Å². The van der Waals surface area contributed by atoms with Gasteiger partial charge in [0.1, 0.15) is 11.2 Å². The highest BCUT2D eigenvalue weighted by atomic mass is 16.3. The van der Waals surface area contributed by atoms with Crippen LogP contribution in [0.15, 0.2) is 199 Å². The van der Waals surface area contributed by atoms with Crippen LogP contribution in [0.3, 0.4) is 0 Å². The lowest BCUT2D eigenvalue weighted by molar-refractivity contribution is 0.669. The van der Waals surface area contributed by atoms with Crippen LogP contribution in [0.5, 0.6) is 0 Å². The molecule has 55 heavy (non-hydrogen) atoms. The zero-order chi connectivity index (χ0) is 36.3. The Kier molecular flexibility index (Phi) is 7.17. The summed E-state index contributed by atoms with van der Waals surface area (Å²) in [4.78, 5) is 10.4. The summed E-state index contributed by atoms with van der Waals surface area (Å²) in [6, 6.07) is 68.7. The summed E-state index contributed by atoms with van der Waals surface area (Å²) in [5, 5.41) is 9.72. The van der Waals surface area contributed by atoms with Gasteiger partial charge in [-0.3, -0.25) is 0 Å². The summed E-state index contributed by atoms with van der Waals surface area (Å²) in [7, 11) is 0. The molecule has 11 aromatic rings. The van der Waals surface area contributed by atoms with Gasteiger partial charge in [0.2, 0.25) is 0 Å². The minimum Gasteiger partial charge on any atom is -0.456 e. The number of nitrogens with zero attached hydrogens (tertiary/aromatic N) is 2. The Hall–Kier alpha value is -7.36. The number of benzene rings is 9. The Bertz CT molecular complexity index is 3250. The van der Waals surface area contributed by atoms with Crippen LogP contribution in [-0.4, -0.2) is 9.97 Å². The predicted octanol–water partition coefficient (Wildman–Crippen LogP) is 14.2. The lowest BCUT2D eigenvalue weighted by atomic mass is 9.89. The molecule has 0 saturated heterocycles. The first-order chi connectivity index (χ1) is 27.2. The van der Waals surface area contributed by atoms with Crippen molar-refractivity contribution in [3.63, 3.8) is 0 Å². The standard InChI is InChI=1S/C52H32N2O/c1-2-13-36(14-3-1)52-53-47(32-48(54-52)42-19-9-8-17-40(42)38-27-29-50-46(31-38)43-20-10-11-21-49(43)55-50)34-22-24-35(25-23-34)51-41-18-7-5-15-37(41)30-45-39-16-6-4-12-33(39)26-28-44(45)51/h1-32H. The SMILES string of the molecule is c1ccc(-c2nc(-c3ccc(-c4c5ccccc5cc5c4ccc4ccccc45)cc3)cc(-c3ccccc3-c3ccc4oc5ccccc5c4c3)n2)cc1. The number of rotatable bonds is 5. The molecule has 3 nitrogen and oxygen atoms in total. The number of fused-ring (bicyclic) bond motifs is 7. The van der Waals surface area contributed by atoms with Crippen LogP contribution < -0.4 is 0 Å². The molecule has 0 fully saturated rings. The molecule has 11 rings (SSSR count). The largest absolute Gasteiger partial charge is 0.456 e. The Morgan fingerprint density at radius 1 is 0.309 bits per heavy atom. The molecule has 0 unspecified atom stereocenters. The van der Waals surface area contributed by atoms with Crippen LogP contribution in [0.4, 0.5) is 0 Å². The maximum absolute atomic E-state index is 6.16. The molecule has 0 spiro atoms. The quantitative estimate of drug-likeness (QED) is 0.133. The first kappa shape index (κ1) is 31.2. The van der Waals surface area contributed by atoms with E-state index in [0.29, 0.717) is 5.82 Å². The van der Waals surface area contributed by atoms with Gasteiger partial charge in [0.25, 0.3) is 0 Å². The van der Waals surface area contributed by atoms with Crippen LogP contribution in [0.1, 0.15) is 0 Å². The van der Waals surface area contributed by atoms with Gasteiger partial charge in [0.05, 0.1) is 11.4 Å². The van der Waals surface area contributed by atoms with Crippen molar-refractivity contribution in [3.05, 3.63) is 194 Å². The fourth-order valence-corrected chi connectivity index (χ4v) is 8.24. The maximum atomic E-state index is 6.16. The Morgan fingerprint density at radius 3 is 1.80 bits per heavy atom. The van der Waals surface area contributed by atoms with Crippen molar-refractivity contribution in [2.45, 2.75) is 0 Å². The van der Waals surface area contributed by atoms with Crippen molar-refractivity contribution in [2.75, 3.05) is 0 Å². The van der Waals surface area contributed by atoms with Crippen molar-refractivity contribution in [1.82, 2.24) is 9.97 Å². The molecule has 0 saturated carbocycles. The van der Waals surface area contributed by atoms with E-state index in [4.69, 9.17) is 14.4 Å². The van der Waals surface area contributed by atoms with Gasteiger partial charge >= 0.3 is 0 Å². The molecule has 0 N–H and O–H groups in total. The predicted molar refractivity (Wildman–Crippen MR) is 229 cm³/mol. The molecule has 0 radical (unpaired) electrons. The summed E-state index contributed by atoms with van der Waals surface area (Å²) >= 11 is 0. The second-order valence-corrected chi connectivity index (χ2v) is 14.1. The minimum atomic E-state index is 0.690. The molecule has 9 aromatic carbocycles. The van der Waals surface area contributed by atoms with E-state index >= 15 is 0 Å². The number of hydrogen-bond donors (Lipinski definition) is 0. The lowest BCUT2D eigenvalue weighted by Gasteiger charge is -2.15. The second kappa shape index (κ2) is 12.6. The normalized spacial score (nSPS) is 11.6. The van der Waals surface area contributed by atoms with Crippen molar-refractivity contribution in [3.8, 4) is 56.2 Å². The number of furan rings is 1. The third kappa shape index (κ3) is 5.28. The highest BCUT2D eigenvalue weighted by molar-refractivity contribution is 6.20. The molecule has 0 amide bonds. The Balaban J connectivity index is 1.06. The smallest absolute Gasteiger partial charge is 0.160 e. The van der Waals surface area contributed by atoms with E-state index in [9.17, 15) is 0 Å². The molecular formula is C52H32N2O. The topological polar surface area (TPSA) is 38.9 Å². The molecule has 3 heteroatoms. The van der Waals surface area contributed by atoms with Gasteiger partial charge in [-0.1, -0.05) is 164 Å². The minimum absolute atomic E-state index is 0.690. The van der Waals surface area contributed by atoms with E-state index in [1.165, 1.54) is 43.4 Å². The van der Waals surface area contributed by atoms with Crippen LogP contribution in [-0.2, 0) is 0 Å². The fourth-order valence-electron chi connectivity index (χ4n) is 8.24. The molecule has 256 valence electrons. The van der Waals surface area contributed by atoms with Crippen molar-refractivity contribution < 1.29 is 4.42 Å². The third-order valence-electron chi connectivity index (χ3n) is 10.9. The lowest BCUT2D eigenvalue weighted by Crippen LogP contribution is -1.97. The van der Waals surface area contributed by atoms with Crippen molar-refractivity contribution in [1.29, 1.82) is 0 Å². The maximum Gasteiger partial charge on any atom is 0.160 e. The van der Waals surface area contributed by atoms with Gasteiger partial charge < -0.3 is 4.42 Å². The highest BCUT2D eigenvalue weighted by Crippen LogP contribution is 2.41. The summed E-state index contributed by atoms with van der Waals surface area (Å²) in [5.74, 6) is 0.690. The second-order valence-electron chi connectivity index (χ2n) is 14.1. The highest BCUT2D eigenvalue weighted by Gasteiger charge is 2.17. The van der Waals surface area contributed by atoms with Crippen LogP contribution in [0.2, 0.25) is 0 Å². The van der Waals surface area contributed by atoms with Crippen LogP contribution in [0.25, 0.3) is 110 Å². The zero-order valence-electron chi connectivity index (χ0n) is 29.8. The third-order valence-corrected chi connectivity index (χ3v) is 10.9. The molecule has 0 aliphatic carbocycles. The average molecular weight is 701 g/mol. The summed E-state index contributed by atoms with van der Waals surface area (Å²) in [5.41, 5.74) is 11.2. The zero-order valence-corrected chi connectivity index (χ0v) is 29.8. The average Bonchev–Trinajstić information content (AvgIpc) is 3.64. The van der Waals surface area contributed by atoms with Gasteiger partial charge in [-0.05, 0) is 84.9 Å². The molecule has 0 aliphatic heterocycles. The van der Waals surface area contributed by atoms with Crippen molar-refractivity contribution >= 4 is 54.3 Å². The first-order valence-electron chi connectivity index (χ1n) is 18.6. The van der Waals surface area contributed by atoms with E-state index < -0.39 is 0 Å². The monoisotopic (exact) mass is 700 g/mol. The molecule has 2 aromatic heterocycles. The molecule has 0 bridgehead atoms. The van der Waals surface area contributed by atoms with Gasteiger partial charge in [-0.15, -0.1) is 0 Å². The van der Waals surface area contributed by atoms with Crippen LogP contribution in [0, 0.1) is 0 Å². The first-order valence-corrected chi connectivity index (χ1v) is 18.6. The summed E-state index contributed by atoms with van der Waals surface area (Å²) < 4.78 is 6.16. The van der Waals surface area contributed by atoms with Gasteiger partial charge in [-0.2, -0.15) is 0 Å². The summed E-state index contributed by atoms with van der Waals surface area (Å²) in [6.45, 7) is 0. The molecule has 2 heterocycles. The molecular weight excluding hydrogens is 669 g/mol. The van der Waals surface area contributed by atoms with Gasteiger partial charge in [-0.25, -0.2) is 9.97 Å². The van der Waals surface area contributed by atoms with Gasteiger partial charge in [0.15, 0.2) is 5.82 Å². The Labute approximate surface area is 317 Å². The van der Waals surface area contributed by atoms with Crippen LogP contribution >= 0.6 is 0 Å². The number of aromatic nitrogens is 2. The van der Waals surface area contributed by atoms with E-state index in [2.05, 4.69) is 164 Å². The van der Waals surface area contributed by atoms with E-state index in [1.54, 1.807) is 0 Å². The summed E-state index contributed by atoms with van der Waals surface area (Å²) in [6.07, 6.45) is 0. The molecule has 0 atom stereocenters. The van der Waals surface area contributed by atoms with Gasteiger partial charge in [0, 0.05) is 27.5 Å². The fraction of sp³-hybridized carbons (Fsp3) is 0. The number of para-hydroxylation sites is 1. The molecule has 0 aliphatic rings. The van der Waals surface area contributed by atoms with E-state index in [0.717, 1.165) is 61.1 Å². The number of hydrogen-bond acceptors (Lipinski definition) is 3. The Morgan fingerprint density at radius 2 is 0.945 bits per heavy atom. The van der Waals surface area contributed by atoms with E-state index in [-0.39, 0.29) is 0 Å². The van der Waals surface area contributed by atoms with Crippen molar-refractivity contribution in [2.24, 2.45) is 0 Å².